The highest BCUT2D eigenvalue weighted by molar-refractivity contribution is 5.45. The zero-order valence-corrected chi connectivity index (χ0v) is 15.8. The molecule has 24 heavy (non-hydrogen) atoms. The first-order chi connectivity index (χ1) is 11.6. The molecular formula is C20H34N2O2. The Bertz CT molecular complexity index is 489. The van der Waals surface area contributed by atoms with Crippen molar-refractivity contribution in [2.24, 2.45) is 5.92 Å². The number of hydrogen-bond acceptors (Lipinski definition) is 4. The summed E-state index contributed by atoms with van der Waals surface area (Å²) < 4.78 is 11.0. The predicted molar refractivity (Wildman–Crippen MR) is 100 cm³/mol. The lowest BCUT2D eigenvalue weighted by Gasteiger charge is -2.19. The van der Waals surface area contributed by atoms with E-state index in [1.807, 2.05) is 0 Å². The van der Waals surface area contributed by atoms with Crippen molar-refractivity contribution in [2.45, 2.75) is 45.4 Å². The highest BCUT2D eigenvalue weighted by Crippen LogP contribution is 2.36. The summed E-state index contributed by atoms with van der Waals surface area (Å²) in [6, 6.07) is 6.45. The summed E-state index contributed by atoms with van der Waals surface area (Å²) in [6.07, 6.45) is 4.87. The monoisotopic (exact) mass is 334 g/mol. The van der Waals surface area contributed by atoms with Crippen molar-refractivity contribution in [1.29, 1.82) is 0 Å². The van der Waals surface area contributed by atoms with Crippen LogP contribution in [0.25, 0.3) is 0 Å². The van der Waals surface area contributed by atoms with E-state index in [9.17, 15) is 0 Å². The lowest BCUT2D eigenvalue weighted by atomic mass is 9.88. The summed E-state index contributed by atoms with van der Waals surface area (Å²) in [6.45, 7) is 8.27. The van der Waals surface area contributed by atoms with Crippen LogP contribution in [0, 0.1) is 5.92 Å². The number of rotatable bonds is 11. The van der Waals surface area contributed by atoms with Gasteiger partial charge in [0.15, 0.2) is 11.5 Å². The highest BCUT2D eigenvalue weighted by atomic mass is 16.7. The Hall–Kier alpha value is -1.26. The molecule has 136 valence electrons. The lowest BCUT2D eigenvalue weighted by Crippen LogP contribution is -2.23. The fourth-order valence-electron chi connectivity index (χ4n) is 3.10. The zero-order chi connectivity index (χ0) is 17.4. The molecule has 0 saturated carbocycles. The van der Waals surface area contributed by atoms with Gasteiger partial charge in [0, 0.05) is 0 Å². The van der Waals surface area contributed by atoms with Gasteiger partial charge in [0.05, 0.1) is 0 Å². The van der Waals surface area contributed by atoms with Crippen LogP contribution in [0.5, 0.6) is 11.5 Å². The van der Waals surface area contributed by atoms with Crippen LogP contribution < -0.4 is 14.8 Å². The van der Waals surface area contributed by atoms with E-state index in [0.717, 1.165) is 37.1 Å². The standard InChI is InChI=1S/C20H34N2O2/c1-16(2)6-7-17(10-12-21-11-5-13-22(3)4)18-8-9-19-20(14-18)24-15-23-19/h8-9,14,16-17,21H,5-7,10-13,15H2,1-4H3/t17-/m0/s1. The van der Waals surface area contributed by atoms with Crippen LogP contribution in [-0.4, -0.2) is 45.4 Å². The fourth-order valence-corrected chi connectivity index (χ4v) is 3.10. The van der Waals surface area contributed by atoms with E-state index in [1.54, 1.807) is 0 Å². The van der Waals surface area contributed by atoms with Gasteiger partial charge < -0.3 is 19.7 Å². The van der Waals surface area contributed by atoms with Gasteiger partial charge in [-0.2, -0.15) is 0 Å². The molecule has 0 fully saturated rings. The maximum absolute atomic E-state index is 5.55. The first kappa shape index (κ1) is 19.1. The van der Waals surface area contributed by atoms with Gasteiger partial charge in [-0.25, -0.2) is 0 Å². The molecule has 1 aromatic carbocycles. The predicted octanol–water partition coefficient (Wildman–Crippen LogP) is 3.87. The Morgan fingerprint density at radius 2 is 1.83 bits per heavy atom. The second kappa shape index (κ2) is 9.90. The van der Waals surface area contributed by atoms with E-state index >= 15 is 0 Å². The minimum absolute atomic E-state index is 0.350. The summed E-state index contributed by atoms with van der Waals surface area (Å²) in [5, 5.41) is 3.60. The summed E-state index contributed by atoms with van der Waals surface area (Å²) >= 11 is 0. The highest BCUT2D eigenvalue weighted by Gasteiger charge is 2.18. The van der Waals surface area contributed by atoms with Gasteiger partial charge in [0.1, 0.15) is 0 Å². The molecule has 1 heterocycles. The van der Waals surface area contributed by atoms with E-state index in [-0.39, 0.29) is 0 Å². The van der Waals surface area contributed by atoms with Crippen molar-refractivity contribution < 1.29 is 9.47 Å². The molecule has 1 atom stereocenters. The minimum Gasteiger partial charge on any atom is -0.454 e. The van der Waals surface area contributed by atoms with Crippen molar-refractivity contribution in [2.75, 3.05) is 40.5 Å². The van der Waals surface area contributed by atoms with Crippen LogP contribution in [-0.2, 0) is 0 Å². The van der Waals surface area contributed by atoms with E-state index in [4.69, 9.17) is 9.47 Å². The van der Waals surface area contributed by atoms with Crippen LogP contribution in [0.1, 0.15) is 51.0 Å². The molecule has 1 aliphatic heterocycles. The van der Waals surface area contributed by atoms with Gasteiger partial charge in [-0.1, -0.05) is 26.3 Å². The molecule has 0 spiro atoms. The second-order valence-corrected chi connectivity index (χ2v) is 7.48. The van der Waals surface area contributed by atoms with Gasteiger partial charge in [0.25, 0.3) is 0 Å². The lowest BCUT2D eigenvalue weighted by molar-refractivity contribution is 0.174. The van der Waals surface area contributed by atoms with Crippen molar-refractivity contribution in [3.63, 3.8) is 0 Å². The maximum Gasteiger partial charge on any atom is 0.231 e. The van der Waals surface area contributed by atoms with E-state index in [2.05, 4.69) is 56.4 Å². The van der Waals surface area contributed by atoms with Gasteiger partial charge in [-0.15, -0.1) is 0 Å². The molecular weight excluding hydrogens is 300 g/mol. The topological polar surface area (TPSA) is 33.7 Å². The molecule has 0 aromatic heterocycles. The molecule has 2 rings (SSSR count). The van der Waals surface area contributed by atoms with Crippen molar-refractivity contribution in [1.82, 2.24) is 10.2 Å². The molecule has 0 unspecified atom stereocenters. The molecule has 1 aromatic rings. The quantitative estimate of drug-likeness (QED) is 0.623. The molecule has 0 bridgehead atoms. The Balaban J connectivity index is 1.85. The van der Waals surface area contributed by atoms with Crippen LogP contribution in [0.3, 0.4) is 0 Å². The first-order valence-electron chi connectivity index (χ1n) is 9.31. The molecule has 4 nitrogen and oxygen atoms in total. The smallest absolute Gasteiger partial charge is 0.231 e. The Morgan fingerprint density at radius 3 is 2.58 bits per heavy atom. The summed E-state index contributed by atoms with van der Waals surface area (Å²) in [5.74, 6) is 3.11. The second-order valence-electron chi connectivity index (χ2n) is 7.48. The fraction of sp³-hybridized carbons (Fsp3) is 0.700. The minimum atomic E-state index is 0.350. The third-order valence-corrected chi connectivity index (χ3v) is 4.59. The third-order valence-electron chi connectivity index (χ3n) is 4.59. The van der Waals surface area contributed by atoms with Crippen LogP contribution in [0.2, 0.25) is 0 Å². The van der Waals surface area contributed by atoms with Gasteiger partial charge >= 0.3 is 0 Å². The van der Waals surface area contributed by atoms with Gasteiger partial charge in [-0.3, -0.25) is 0 Å². The van der Waals surface area contributed by atoms with E-state index in [0.29, 0.717) is 12.7 Å². The normalized spacial score (nSPS) is 14.6. The summed E-state index contributed by atoms with van der Waals surface area (Å²) in [5.41, 5.74) is 1.38. The summed E-state index contributed by atoms with van der Waals surface area (Å²) in [7, 11) is 4.25. The molecule has 0 radical (unpaired) electrons. The van der Waals surface area contributed by atoms with Gasteiger partial charge in [0.2, 0.25) is 6.79 Å². The van der Waals surface area contributed by atoms with E-state index in [1.165, 1.54) is 31.2 Å². The molecule has 0 saturated heterocycles. The zero-order valence-electron chi connectivity index (χ0n) is 15.8. The molecule has 1 N–H and O–H groups in total. The largest absolute Gasteiger partial charge is 0.454 e. The SMILES string of the molecule is CC(C)CC[C@@H](CCNCCCN(C)C)c1ccc2c(c1)OCO2. The van der Waals surface area contributed by atoms with E-state index < -0.39 is 0 Å². The number of hydrogen-bond donors (Lipinski definition) is 1. The Morgan fingerprint density at radius 1 is 1.04 bits per heavy atom. The number of nitrogens with one attached hydrogen (secondary N) is 1. The molecule has 4 heteroatoms. The number of nitrogens with zero attached hydrogens (tertiary/aromatic N) is 1. The number of fused-ring (bicyclic) bond motifs is 1. The number of benzene rings is 1. The van der Waals surface area contributed by atoms with Crippen molar-refractivity contribution in [3.05, 3.63) is 23.8 Å². The van der Waals surface area contributed by atoms with Crippen LogP contribution in [0.15, 0.2) is 18.2 Å². The average Bonchev–Trinajstić information content (AvgIpc) is 3.00. The van der Waals surface area contributed by atoms with Crippen molar-refractivity contribution >= 4 is 0 Å². The molecule has 1 aliphatic rings. The Kier molecular flexibility index (Phi) is 7.86. The first-order valence-corrected chi connectivity index (χ1v) is 9.31. The molecule has 0 amide bonds. The number of ether oxygens (including phenoxy) is 2. The van der Waals surface area contributed by atoms with Crippen LogP contribution >= 0.6 is 0 Å². The third kappa shape index (κ3) is 6.33. The van der Waals surface area contributed by atoms with Crippen LogP contribution in [0.4, 0.5) is 0 Å². The Labute approximate surface area is 147 Å². The van der Waals surface area contributed by atoms with Crippen molar-refractivity contribution in [3.8, 4) is 11.5 Å². The average molecular weight is 335 g/mol. The van der Waals surface area contributed by atoms with Gasteiger partial charge in [-0.05, 0) is 82.5 Å². The maximum atomic E-state index is 5.55. The summed E-state index contributed by atoms with van der Waals surface area (Å²) in [4.78, 5) is 2.24. The molecule has 0 aliphatic carbocycles.